The Balaban J connectivity index is 2.19. The Morgan fingerprint density at radius 1 is 1.35 bits per heavy atom. The Morgan fingerprint density at radius 3 is 2.88 bits per heavy atom. The van der Waals surface area contributed by atoms with Crippen LogP contribution in [-0.4, -0.2) is 12.6 Å². The molecular formula is C15H18O2. The van der Waals surface area contributed by atoms with Crippen molar-refractivity contribution in [2.24, 2.45) is 5.92 Å². The van der Waals surface area contributed by atoms with Crippen LogP contribution in [0, 0.1) is 5.92 Å². The molecule has 90 valence electrons. The van der Waals surface area contributed by atoms with Crippen molar-refractivity contribution in [1.29, 1.82) is 0 Å². The zero-order valence-electron chi connectivity index (χ0n) is 10.4. The van der Waals surface area contributed by atoms with Gasteiger partial charge in [0, 0.05) is 0 Å². The lowest BCUT2D eigenvalue weighted by molar-refractivity contribution is -0.146. The number of carbonyl (C=O) groups excluding carboxylic acids is 1. The van der Waals surface area contributed by atoms with Gasteiger partial charge in [-0.05, 0) is 37.8 Å². The highest BCUT2D eigenvalue weighted by Crippen LogP contribution is 2.28. The van der Waals surface area contributed by atoms with E-state index in [0.29, 0.717) is 6.61 Å². The van der Waals surface area contributed by atoms with Crippen molar-refractivity contribution >= 4 is 12.0 Å². The van der Waals surface area contributed by atoms with Gasteiger partial charge in [-0.25, -0.2) is 0 Å². The molecule has 1 aliphatic rings. The van der Waals surface area contributed by atoms with Crippen LogP contribution in [0.5, 0.6) is 0 Å². The predicted molar refractivity (Wildman–Crippen MR) is 68.5 cm³/mol. The van der Waals surface area contributed by atoms with E-state index in [9.17, 15) is 4.79 Å². The molecule has 0 spiro atoms. The van der Waals surface area contributed by atoms with Crippen molar-refractivity contribution in [3.05, 3.63) is 41.0 Å². The maximum Gasteiger partial charge on any atom is 0.312 e. The molecule has 1 aliphatic carbocycles. The maximum atomic E-state index is 11.7. The second kappa shape index (κ2) is 5.17. The molecule has 0 bridgehead atoms. The van der Waals surface area contributed by atoms with Crippen molar-refractivity contribution in [2.45, 2.75) is 26.7 Å². The van der Waals surface area contributed by atoms with Gasteiger partial charge >= 0.3 is 5.97 Å². The molecule has 1 atom stereocenters. The Morgan fingerprint density at radius 2 is 2.12 bits per heavy atom. The Kier molecular flexibility index (Phi) is 3.62. The molecule has 0 saturated carbocycles. The normalized spacial score (nSPS) is 15.8. The maximum absolute atomic E-state index is 11.7. The van der Waals surface area contributed by atoms with E-state index >= 15 is 0 Å². The van der Waals surface area contributed by atoms with Gasteiger partial charge in [0.1, 0.15) is 0 Å². The molecule has 0 aromatic heterocycles. The number of hydrogen-bond acceptors (Lipinski definition) is 2. The SMILES string of the molecule is CCOC(=O)C(C)C1=Cc2ccccc2CC1. The van der Waals surface area contributed by atoms with Crippen molar-refractivity contribution in [3.63, 3.8) is 0 Å². The summed E-state index contributed by atoms with van der Waals surface area (Å²) in [6.45, 7) is 4.22. The second-order valence-corrected chi connectivity index (χ2v) is 4.39. The fraction of sp³-hybridized carbons (Fsp3) is 0.400. The molecule has 0 heterocycles. The molecule has 1 unspecified atom stereocenters. The largest absolute Gasteiger partial charge is 0.466 e. The number of hydrogen-bond donors (Lipinski definition) is 0. The van der Waals surface area contributed by atoms with Gasteiger partial charge in [-0.1, -0.05) is 35.9 Å². The molecule has 2 heteroatoms. The van der Waals surface area contributed by atoms with E-state index in [1.807, 2.05) is 19.9 Å². The first-order chi connectivity index (χ1) is 8.22. The highest BCUT2D eigenvalue weighted by Gasteiger charge is 2.21. The fourth-order valence-corrected chi connectivity index (χ4v) is 2.21. The van der Waals surface area contributed by atoms with Crippen LogP contribution in [0.1, 0.15) is 31.4 Å². The van der Waals surface area contributed by atoms with Gasteiger partial charge in [-0.2, -0.15) is 0 Å². The van der Waals surface area contributed by atoms with Crippen LogP contribution in [-0.2, 0) is 16.0 Å². The lowest BCUT2D eigenvalue weighted by Crippen LogP contribution is -2.18. The Labute approximate surface area is 102 Å². The van der Waals surface area contributed by atoms with Gasteiger partial charge in [-0.15, -0.1) is 0 Å². The number of carbonyl (C=O) groups is 1. The van der Waals surface area contributed by atoms with E-state index in [2.05, 4.69) is 24.3 Å². The first-order valence-electron chi connectivity index (χ1n) is 6.17. The lowest BCUT2D eigenvalue weighted by atomic mass is 9.86. The molecule has 0 fully saturated rings. The summed E-state index contributed by atoms with van der Waals surface area (Å²) in [5, 5.41) is 0. The number of aryl methyl sites for hydroxylation is 1. The molecule has 1 aromatic rings. The summed E-state index contributed by atoms with van der Waals surface area (Å²) >= 11 is 0. The summed E-state index contributed by atoms with van der Waals surface area (Å²) in [5.74, 6) is -0.235. The molecule has 0 aliphatic heterocycles. The molecule has 2 rings (SSSR count). The van der Waals surface area contributed by atoms with Crippen molar-refractivity contribution < 1.29 is 9.53 Å². The molecule has 17 heavy (non-hydrogen) atoms. The number of fused-ring (bicyclic) bond motifs is 1. The third-order valence-electron chi connectivity index (χ3n) is 3.28. The van der Waals surface area contributed by atoms with Crippen LogP contribution in [0.3, 0.4) is 0 Å². The number of esters is 1. The average Bonchev–Trinajstić information content (AvgIpc) is 2.37. The van der Waals surface area contributed by atoms with Crippen molar-refractivity contribution in [2.75, 3.05) is 6.61 Å². The van der Waals surface area contributed by atoms with Crippen molar-refractivity contribution in [1.82, 2.24) is 0 Å². The predicted octanol–water partition coefficient (Wildman–Crippen LogP) is 3.22. The quantitative estimate of drug-likeness (QED) is 0.745. The zero-order valence-corrected chi connectivity index (χ0v) is 10.4. The summed E-state index contributed by atoms with van der Waals surface area (Å²) in [6.07, 6.45) is 4.11. The summed E-state index contributed by atoms with van der Waals surface area (Å²) in [5.41, 5.74) is 3.79. The van der Waals surface area contributed by atoms with Gasteiger partial charge in [0.2, 0.25) is 0 Å². The van der Waals surface area contributed by atoms with Crippen LogP contribution in [0.2, 0.25) is 0 Å². The third-order valence-corrected chi connectivity index (χ3v) is 3.28. The molecule has 0 amide bonds. The summed E-state index contributed by atoms with van der Waals surface area (Å²) in [6, 6.07) is 8.35. The standard InChI is InChI=1S/C15H18O2/c1-3-17-15(16)11(2)13-9-8-12-6-4-5-7-14(12)10-13/h4-7,10-11H,3,8-9H2,1-2H3. The van der Waals surface area contributed by atoms with E-state index in [0.717, 1.165) is 12.8 Å². The molecular weight excluding hydrogens is 212 g/mol. The van der Waals surface area contributed by atoms with E-state index in [1.54, 1.807) is 0 Å². The average molecular weight is 230 g/mol. The van der Waals surface area contributed by atoms with Gasteiger partial charge in [-0.3, -0.25) is 4.79 Å². The summed E-state index contributed by atoms with van der Waals surface area (Å²) in [7, 11) is 0. The summed E-state index contributed by atoms with van der Waals surface area (Å²) < 4.78 is 5.07. The van der Waals surface area contributed by atoms with Gasteiger partial charge in [0.25, 0.3) is 0 Å². The van der Waals surface area contributed by atoms with Crippen LogP contribution in [0.25, 0.3) is 6.08 Å². The van der Waals surface area contributed by atoms with E-state index in [-0.39, 0.29) is 11.9 Å². The minimum atomic E-state index is -0.122. The molecule has 0 saturated heterocycles. The molecule has 0 radical (unpaired) electrons. The van der Waals surface area contributed by atoms with E-state index in [4.69, 9.17) is 4.74 Å². The second-order valence-electron chi connectivity index (χ2n) is 4.39. The van der Waals surface area contributed by atoms with Crippen LogP contribution < -0.4 is 0 Å². The van der Waals surface area contributed by atoms with Crippen LogP contribution >= 0.6 is 0 Å². The minimum Gasteiger partial charge on any atom is -0.466 e. The highest BCUT2D eigenvalue weighted by atomic mass is 16.5. The van der Waals surface area contributed by atoms with E-state index in [1.165, 1.54) is 16.7 Å². The first-order valence-corrected chi connectivity index (χ1v) is 6.17. The zero-order chi connectivity index (χ0) is 12.3. The van der Waals surface area contributed by atoms with Gasteiger partial charge < -0.3 is 4.74 Å². The monoisotopic (exact) mass is 230 g/mol. The van der Waals surface area contributed by atoms with Gasteiger partial charge in [0.15, 0.2) is 0 Å². The topological polar surface area (TPSA) is 26.3 Å². The number of benzene rings is 1. The molecule has 0 N–H and O–H groups in total. The number of ether oxygens (including phenoxy) is 1. The fourth-order valence-electron chi connectivity index (χ4n) is 2.21. The van der Waals surface area contributed by atoms with Crippen molar-refractivity contribution in [3.8, 4) is 0 Å². The van der Waals surface area contributed by atoms with Crippen LogP contribution in [0.4, 0.5) is 0 Å². The highest BCUT2D eigenvalue weighted by molar-refractivity contribution is 5.78. The molecule has 1 aromatic carbocycles. The van der Waals surface area contributed by atoms with Crippen LogP contribution in [0.15, 0.2) is 29.8 Å². The Hall–Kier alpha value is -1.57. The molecule has 2 nitrogen and oxygen atoms in total. The first kappa shape index (κ1) is 11.9. The lowest BCUT2D eigenvalue weighted by Gasteiger charge is -2.20. The summed E-state index contributed by atoms with van der Waals surface area (Å²) in [4.78, 5) is 11.7. The number of rotatable bonds is 3. The van der Waals surface area contributed by atoms with Gasteiger partial charge in [0.05, 0.1) is 12.5 Å². The minimum absolute atomic E-state index is 0.113. The third kappa shape index (κ3) is 2.57. The van der Waals surface area contributed by atoms with E-state index < -0.39 is 0 Å². The smallest absolute Gasteiger partial charge is 0.312 e. The Bertz CT molecular complexity index is 446.